The molecule has 0 fully saturated rings. The van der Waals surface area contributed by atoms with E-state index in [0.29, 0.717) is 30.3 Å². The summed E-state index contributed by atoms with van der Waals surface area (Å²) in [6, 6.07) is 6.21. The number of carbonyl (C=O) groups excluding carboxylic acids is 2. The summed E-state index contributed by atoms with van der Waals surface area (Å²) in [5.41, 5.74) is 11.7. The molecule has 0 aliphatic heterocycles. The van der Waals surface area contributed by atoms with Gasteiger partial charge in [0.2, 0.25) is 5.91 Å². The minimum absolute atomic E-state index is 0.0508. The molecule has 0 spiro atoms. The summed E-state index contributed by atoms with van der Waals surface area (Å²) in [7, 11) is 0. The van der Waals surface area contributed by atoms with Crippen molar-refractivity contribution in [1.29, 1.82) is 0 Å². The van der Waals surface area contributed by atoms with E-state index in [1.165, 1.54) is 0 Å². The third kappa shape index (κ3) is 6.19. The largest absolute Gasteiger partial charge is 0.351 e. The molecule has 0 radical (unpaired) electrons. The molecule has 110 valence electrons. The fraction of sp³-hybridized carbons (Fsp3) is 0.429. The Bertz CT molecular complexity index is 462. The van der Waals surface area contributed by atoms with Crippen molar-refractivity contribution in [2.24, 2.45) is 17.4 Å². The molecule has 0 saturated heterocycles. The average molecular weight is 278 g/mol. The Hall–Kier alpha value is -2.08. The van der Waals surface area contributed by atoms with E-state index in [0.717, 1.165) is 12.8 Å². The summed E-state index contributed by atoms with van der Waals surface area (Å²) in [5, 5.41) is 5.25. The first-order chi connectivity index (χ1) is 9.51. The Morgan fingerprint density at radius 3 is 2.45 bits per heavy atom. The van der Waals surface area contributed by atoms with Crippen LogP contribution in [0.15, 0.2) is 24.3 Å². The first-order valence-electron chi connectivity index (χ1n) is 6.67. The van der Waals surface area contributed by atoms with Crippen LogP contribution < -0.4 is 22.1 Å². The van der Waals surface area contributed by atoms with E-state index in [9.17, 15) is 9.59 Å². The van der Waals surface area contributed by atoms with Gasteiger partial charge in [0.1, 0.15) is 0 Å². The Morgan fingerprint density at radius 1 is 1.20 bits per heavy atom. The van der Waals surface area contributed by atoms with Gasteiger partial charge < -0.3 is 22.1 Å². The van der Waals surface area contributed by atoms with Crippen molar-refractivity contribution in [1.82, 2.24) is 0 Å². The van der Waals surface area contributed by atoms with E-state index in [-0.39, 0.29) is 5.91 Å². The van der Waals surface area contributed by atoms with E-state index in [1.807, 2.05) is 0 Å². The molecule has 1 aromatic carbocycles. The van der Waals surface area contributed by atoms with Gasteiger partial charge in [0.15, 0.2) is 0 Å². The smallest absolute Gasteiger partial charge is 0.316 e. The van der Waals surface area contributed by atoms with Crippen LogP contribution >= 0.6 is 0 Å². The fourth-order valence-electron chi connectivity index (χ4n) is 1.85. The molecule has 0 heterocycles. The highest BCUT2D eigenvalue weighted by Crippen LogP contribution is 2.16. The summed E-state index contributed by atoms with van der Waals surface area (Å²) in [6.45, 7) is 2.72. The van der Waals surface area contributed by atoms with E-state index in [2.05, 4.69) is 17.6 Å². The highest BCUT2D eigenvalue weighted by Gasteiger charge is 2.07. The van der Waals surface area contributed by atoms with Crippen molar-refractivity contribution in [2.75, 3.05) is 17.2 Å². The summed E-state index contributed by atoms with van der Waals surface area (Å²) >= 11 is 0. The van der Waals surface area contributed by atoms with Crippen LogP contribution in [0, 0.1) is 5.92 Å². The van der Waals surface area contributed by atoms with Gasteiger partial charge in [-0.2, -0.15) is 0 Å². The zero-order valence-corrected chi connectivity index (χ0v) is 11.7. The number of benzene rings is 1. The second-order valence-corrected chi connectivity index (χ2v) is 4.84. The van der Waals surface area contributed by atoms with Crippen molar-refractivity contribution >= 4 is 23.3 Å². The minimum Gasteiger partial charge on any atom is -0.351 e. The van der Waals surface area contributed by atoms with Gasteiger partial charge >= 0.3 is 6.03 Å². The lowest BCUT2D eigenvalue weighted by molar-refractivity contribution is -0.116. The molecule has 1 atom stereocenters. The standard InChI is InChI=1S/C14H22N4O2/c1-10(7-8-15)5-6-13(19)17-11-3-2-4-12(9-11)18-14(16)20/h2-4,9-10H,5-8,15H2,1H3,(H,17,19)(H3,16,18,20). The van der Waals surface area contributed by atoms with E-state index in [1.54, 1.807) is 24.3 Å². The van der Waals surface area contributed by atoms with Crippen LogP contribution in [0.25, 0.3) is 0 Å². The Kier molecular flexibility index (Phi) is 6.52. The monoisotopic (exact) mass is 278 g/mol. The van der Waals surface area contributed by atoms with Gasteiger partial charge in [-0.1, -0.05) is 13.0 Å². The first kappa shape index (κ1) is 16.0. The lowest BCUT2D eigenvalue weighted by atomic mass is 10.0. The van der Waals surface area contributed by atoms with Crippen molar-refractivity contribution in [2.45, 2.75) is 26.2 Å². The summed E-state index contributed by atoms with van der Waals surface area (Å²) in [4.78, 5) is 22.6. The number of urea groups is 1. The molecule has 0 saturated carbocycles. The zero-order valence-electron chi connectivity index (χ0n) is 11.7. The van der Waals surface area contributed by atoms with Gasteiger partial charge in [-0.05, 0) is 43.5 Å². The second kappa shape index (κ2) is 8.16. The second-order valence-electron chi connectivity index (χ2n) is 4.84. The molecule has 1 aromatic rings. The lowest BCUT2D eigenvalue weighted by Crippen LogP contribution is -2.19. The van der Waals surface area contributed by atoms with Crippen molar-refractivity contribution in [3.63, 3.8) is 0 Å². The van der Waals surface area contributed by atoms with Crippen LogP contribution in [0.5, 0.6) is 0 Å². The Morgan fingerprint density at radius 2 is 1.85 bits per heavy atom. The van der Waals surface area contributed by atoms with Gasteiger partial charge in [-0.15, -0.1) is 0 Å². The van der Waals surface area contributed by atoms with E-state index < -0.39 is 6.03 Å². The van der Waals surface area contributed by atoms with Gasteiger partial charge in [-0.25, -0.2) is 4.79 Å². The molecule has 6 N–H and O–H groups in total. The topological polar surface area (TPSA) is 110 Å². The number of rotatable bonds is 7. The SMILES string of the molecule is CC(CCN)CCC(=O)Nc1cccc(NC(N)=O)c1. The van der Waals surface area contributed by atoms with Gasteiger partial charge in [0.05, 0.1) is 0 Å². The number of nitrogens with two attached hydrogens (primary N) is 2. The van der Waals surface area contributed by atoms with Crippen LogP contribution in [0.3, 0.4) is 0 Å². The molecule has 0 aliphatic rings. The lowest BCUT2D eigenvalue weighted by Gasteiger charge is -2.10. The quantitative estimate of drug-likeness (QED) is 0.611. The average Bonchev–Trinajstić information content (AvgIpc) is 2.36. The number of hydrogen-bond donors (Lipinski definition) is 4. The molecule has 3 amide bonds. The maximum Gasteiger partial charge on any atom is 0.316 e. The summed E-state index contributed by atoms with van der Waals surface area (Å²) in [6.07, 6.45) is 2.18. The van der Waals surface area contributed by atoms with Crippen LogP contribution in [-0.2, 0) is 4.79 Å². The maximum absolute atomic E-state index is 11.8. The van der Waals surface area contributed by atoms with E-state index >= 15 is 0 Å². The number of carbonyl (C=O) groups is 2. The molecule has 6 heteroatoms. The fourth-order valence-corrected chi connectivity index (χ4v) is 1.85. The van der Waals surface area contributed by atoms with Crippen LogP contribution in [0.4, 0.5) is 16.2 Å². The zero-order chi connectivity index (χ0) is 15.0. The summed E-state index contributed by atoms with van der Waals surface area (Å²) < 4.78 is 0. The van der Waals surface area contributed by atoms with Crippen molar-refractivity contribution < 1.29 is 9.59 Å². The third-order valence-electron chi connectivity index (χ3n) is 2.94. The highest BCUT2D eigenvalue weighted by molar-refractivity contribution is 5.93. The Labute approximate surface area is 118 Å². The van der Waals surface area contributed by atoms with Gasteiger partial charge in [0, 0.05) is 17.8 Å². The predicted octanol–water partition coefficient (Wildman–Crippen LogP) is 1.88. The molecular weight excluding hydrogens is 256 g/mol. The normalized spacial score (nSPS) is 11.7. The first-order valence-corrected chi connectivity index (χ1v) is 6.67. The van der Waals surface area contributed by atoms with Crippen LogP contribution in [0.2, 0.25) is 0 Å². The molecule has 20 heavy (non-hydrogen) atoms. The maximum atomic E-state index is 11.8. The highest BCUT2D eigenvalue weighted by atomic mass is 16.2. The van der Waals surface area contributed by atoms with Gasteiger partial charge in [-0.3, -0.25) is 4.79 Å². The number of amides is 3. The van der Waals surface area contributed by atoms with Crippen molar-refractivity contribution in [3.05, 3.63) is 24.3 Å². The van der Waals surface area contributed by atoms with Crippen molar-refractivity contribution in [3.8, 4) is 0 Å². The van der Waals surface area contributed by atoms with Crippen LogP contribution in [0.1, 0.15) is 26.2 Å². The summed E-state index contributed by atoms with van der Waals surface area (Å²) in [5.74, 6) is 0.388. The minimum atomic E-state index is -0.635. The molecule has 1 unspecified atom stereocenters. The van der Waals surface area contributed by atoms with E-state index in [4.69, 9.17) is 11.5 Å². The molecule has 6 nitrogen and oxygen atoms in total. The molecule has 0 bridgehead atoms. The van der Waals surface area contributed by atoms with Crippen LogP contribution in [-0.4, -0.2) is 18.5 Å². The molecule has 0 aliphatic carbocycles. The molecule has 0 aromatic heterocycles. The number of primary amides is 1. The molecular formula is C14H22N4O2. The number of hydrogen-bond acceptors (Lipinski definition) is 3. The Balaban J connectivity index is 2.47. The predicted molar refractivity (Wildman–Crippen MR) is 80.3 cm³/mol. The molecule has 1 rings (SSSR count). The number of anilines is 2. The van der Waals surface area contributed by atoms with Gasteiger partial charge in [0.25, 0.3) is 0 Å². The number of nitrogens with one attached hydrogen (secondary N) is 2. The third-order valence-corrected chi connectivity index (χ3v) is 2.94.